The normalized spacial score (nSPS) is 9.96. The van der Waals surface area contributed by atoms with Gasteiger partial charge in [0.25, 0.3) is 0 Å². The number of amides is 1. The molecule has 0 heterocycles. The molecule has 3 aromatic carbocycles. The minimum Gasteiger partial charge on any atom is -0.376 e. The van der Waals surface area contributed by atoms with Gasteiger partial charge in [-0.2, -0.15) is 5.26 Å². The smallest absolute Gasteiger partial charge is 0.243 e. The highest BCUT2D eigenvalue weighted by Gasteiger charge is 2.08. The molecule has 0 aliphatic heterocycles. The van der Waals surface area contributed by atoms with Gasteiger partial charge < -0.3 is 10.6 Å². The second-order valence-electron chi connectivity index (χ2n) is 5.51. The maximum absolute atomic E-state index is 12.3. The van der Waals surface area contributed by atoms with Gasteiger partial charge in [-0.25, -0.2) is 0 Å². The van der Waals surface area contributed by atoms with Crippen LogP contribution in [0.1, 0.15) is 5.56 Å². The van der Waals surface area contributed by atoms with Crippen molar-refractivity contribution in [2.45, 2.75) is 9.79 Å². The summed E-state index contributed by atoms with van der Waals surface area (Å²) < 4.78 is 0. The van der Waals surface area contributed by atoms with Crippen molar-refractivity contribution in [3.05, 3.63) is 84.4 Å². The number of para-hydroxylation sites is 1. The zero-order valence-electron chi connectivity index (χ0n) is 14.0. The van der Waals surface area contributed by atoms with Crippen molar-refractivity contribution in [3.63, 3.8) is 0 Å². The number of anilines is 2. The first-order chi connectivity index (χ1) is 12.7. The molecule has 3 aromatic rings. The Hall–Kier alpha value is -3.23. The summed E-state index contributed by atoms with van der Waals surface area (Å²) in [6.45, 7) is 0.124. The molecule has 0 bridgehead atoms. The van der Waals surface area contributed by atoms with Gasteiger partial charge in [0.2, 0.25) is 5.91 Å². The van der Waals surface area contributed by atoms with Crippen LogP contribution in [0.2, 0.25) is 0 Å². The van der Waals surface area contributed by atoms with E-state index in [0.29, 0.717) is 5.56 Å². The molecule has 1 amide bonds. The van der Waals surface area contributed by atoms with Gasteiger partial charge in [0, 0.05) is 15.5 Å². The first-order valence-electron chi connectivity index (χ1n) is 8.10. The van der Waals surface area contributed by atoms with Gasteiger partial charge in [0.1, 0.15) is 0 Å². The number of hydrogen-bond acceptors (Lipinski definition) is 4. The second kappa shape index (κ2) is 8.75. The Morgan fingerprint density at radius 3 is 2.54 bits per heavy atom. The topological polar surface area (TPSA) is 64.9 Å². The molecule has 5 heteroatoms. The molecule has 3 rings (SSSR count). The third-order valence-electron chi connectivity index (χ3n) is 3.58. The number of carbonyl (C=O) groups is 1. The molecule has 0 aliphatic carbocycles. The van der Waals surface area contributed by atoms with E-state index in [1.807, 2.05) is 60.7 Å². The summed E-state index contributed by atoms with van der Waals surface area (Å²) in [5.74, 6) is -0.145. The van der Waals surface area contributed by atoms with E-state index >= 15 is 0 Å². The van der Waals surface area contributed by atoms with Gasteiger partial charge in [-0.15, -0.1) is 0 Å². The summed E-state index contributed by atoms with van der Waals surface area (Å²) in [4.78, 5) is 14.4. The maximum Gasteiger partial charge on any atom is 0.243 e. The van der Waals surface area contributed by atoms with E-state index in [0.717, 1.165) is 21.2 Å². The molecule has 0 radical (unpaired) electrons. The summed E-state index contributed by atoms with van der Waals surface area (Å²) in [7, 11) is 0. The lowest BCUT2D eigenvalue weighted by molar-refractivity contribution is -0.114. The van der Waals surface area contributed by atoms with Crippen molar-refractivity contribution in [2.24, 2.45) is 0 Å². The molecule has 4 nitrogen and oxygen atoms in total. The van der Waals surface area contributed by atoms with Crippen molar-refractivity contribution in [1.82, 2.24) is 0 Å². The van der Waals surface area contributed by atoms with Gasteiger partial charge >= 0.3 is 0 Å². The number of rotatable bonds is 6. The summed E-state index contributed by atoms with van der Waals surface area (Å²) >= 11 is 1.60. The van der Waals surface area contributed by atoms with Crippen molar-refractivity contribution in [1.29, 1.82) is 5.26 Å². The number of nitrogens with one attached hydrogen (secondary N) is 2. The number of carbonyl (C=O) groups excluding carboxylic acids is 1. The molecule has 0 aliphatic rings. The van der Waals surface area contributed by atoms with Crippen LogP contribution in [-0.4, -0.2) is 12.5 Å². The predicted octanol–water partition coefficient (Wildman–Crippen LogP) is 4.76. The predicted molar refractivity (Wildman–Crippen MR) is 105 cm³/mol. The van der Waals surface area contributed by atoms with E-state index < -0.39 is 0 Å². The fourth-order valence-corrected chi connectivity index (χ4v) is 3.27. The number of nitriles is 1. The summed E-state index contributed by atoms with van der Waals surface area (Å²) in [6.07, 6.45) is 0. The van der Waals surface area contributed by atoms with Gasteiger partial charge in [-0.3, -0.25) is 4.79 Å². The average Bonchev–Trinajstić information content (AvgIpc) is 2.69. The third-order valence-corrected chi connectivity index (χ3v) is 4.66. The first-order valence-corrected chi connectivity index (χ1v) is 8.92. The van der Waals surface area contributed by atoms with Crippen molar-refractivity contribution < 1.29 is 4.79 Å². The zero-order chi connectivity index (χ0) is 18.2. The molecule has 0 spiro atoms. The third kappa shape index (κ3) is 4.88. The van der Waals surface area contributed by atoms with Gasteiger partial charge in [0.15, 0.2) is 0 Å². The fourth-order valence-electron chi connectivity index (χ4n) is 2.35. The van der Waals surface area contributed by atoms with Crippen molar-refractivity contribution in [2.75, 3.05) is 17.2 Å². The van der Waals surface area contributed by atoms with E-state index in [4.69, 9.17) is 5.26 Å². The zero-order valence-corrected chi connectivity index (χ0v) is 14.8. The van der Waals surface area contributed by atoms with Crippen LogP contribution in [0.15, 0.2) is 88.7 Å². The Balaban J connectivity index is 1.63. The van der Waals surface area contributed by atoms with E-state index in [2.05, 4.69) is 16.7 Å². The molecule has 0 fully saturated rings. The highest BCUT2D eigenvalue weighted by atomic mass is 32.2. The van der Waals surface area contributed by atoms with Gasteiger partial charge in [0.05, 0.1) is 23.9 Å². The quantitative estimate of drug-likeness (QED) is 0.666. The van der Waals surface area contributed by atoms with Crippen molar-refractivity contribution >= 4 is 29.0 Å². The monoisotopic (exact) mass is 359 g/mol. The number of nitrogens with zero attached hydrogens (tertiary/aromatic N) is 1. The SMILES string of the molecule is N#Cc1cccc(NCC(=O)Nc2ccccc2Sc2ccccc2)c1. The fraction of sp³-hybridized carbons (Fsp3) is 0.0476. The van der Waals surface area contributed by atoms with E-state index in [1.165, 1.54) is 0 Å². The average molecular weight is 359 g/mol. The standard InChI is InChI=1S/C21H17N3OS/c22-14-16-7-6-8-17(13-16)23-15-21(25)24-19-11-4-5-12-20(19)26-18-9-2-1-3-10-18/h1-13,23H,15H2,(H,24,25). The van der Waals surface area contributed by atoms with Crippen LogP contribution >= 0.6 is 11.8 Å². The Morgan fingerprint density at radius 1 is 0.962 bits per heavy atom. The molecule has 128 valence electrons. The number of benzene rings is 3. The lowest BCUT2D eigenvalue weighted by atomic mass is 10.2. The molecule has 0 saturated heterocycles. The highest BCUT2D eigenvalue weighted by Crippen LogP contribution is 2.33. The lowest BCUT2D eigenvalue weighted by Gasteiger charge is -2.12. The summed E-state index contributed by atoms with van der Waals surface area (Å²) in [6, 6.07) is 26.9. The van der Waals surface area contributed by atoms with Crippen LogP contribution in [0, 0.1) is 11.3 Å². The molecule has 0 aromatic heterocycles. The Morgan fingerprint density at radius 2 is 1.73 bits per heavy atom. The van der Waals surface area contributed by atoms with Crippen LogP contribution in [0.4, 0.5) is 11.4 Å². The summed E-state index contributed by atoms with van der Waals surface area (Å²) in [5.41, 5.74) is 2.07. The van der Waals surface area contributed by atoms with Crippen LogP contribution in [0.5, 0.6) is 0 Å². The first kappa shape index (κ1) is 17.6. The van der Waals surface area contributed by atoms with Crippen LogP contribution in [-0.2, 0) is 4.79 Å². The van der Waals surface area contributed by atoms with E-state index in [1.54, 1.807) is 30.0 Å². The van der Waals surface area contributed by atoms with Crippen LogP contribution in [0.3, 0.4) is 0 Å². The van der Waals surface area contributed by atoms with E-state index in [-0.39, 0.29) is 12.5 Å². The molecule has 26 heavy (non-hydrogen) atoms. The minimum atomic E-state index is -0.145. The highest BCUT2D eigenvalue weighted by molar-refractivity contribution is 7.99. The molecule has 0 atom stereocenters. The molecule has 0 unspecified atom stereocenters. The lowest BCUT2D eigenvalue weighted by Crippen LogP contribution is -2.22. The molecular formula is C21H17N3OS. The van der Waals surface area contributed by atoms with E-state index in [9.17, 15) is 4.79 Å². The molecular weight excluding hydrogens is 342 g/mol. The Labute approximate surface area is 156 Å². The van der Waals surface area contributed by atoms with Gasteiger partial charge in [-0.05, 0) is 42.5 Å². The number of hydrogen-bond donors (Lipinski definition) is 2. The largest absolute Gasteiger partial charge is 0.376 e. The van der Waals surface area contributed by atoms with Gasteiger partial charge in [-0.1, -0.05) is 48.2 Å². The molecule has 0 saturated carbocycles. The summed E-state index contributed by atoms with van der Waals surface area (Å²) in [5, 5.41) is 14.9. The Kier molecular flexibility index (Phi) is 5.92. The minimum absolute atomic E-state index is 0.124. The van der Waals surface area contributed by atoms with Crippen LogP contribution in [0.25, 0.3) is 0 Å². The molecule has 2 N–H and O–H groups in total. The van der Waals surface area contributed by atoms with Crippen molar-refractivity contribution in [3.8, 4) is 6.07 Å². The van der Waals surface area contributed by atoms with Crippen LogP contribution < -0.4 is 10.6 Å². The Bertz CT molecular complexity index is 935. The second-order valence-corrected chi connectivity index (χ2v) is 6.62. The maximum atomic E-state index is 12.3.